The molecule has 1 unspecified atom stereocenters. The minimum Gasteiger partial charge on any atom is -0.338 e. The van der Waals surface area contributed by atoms with Crippen LogP contribution >= 0.6 is 0 Å². The van der Waals surface area contributed by atoms with Gasteiger partial charge in [0.1, 0.15) is 0 Å². The highest BCUT2D eigenvalue weighted by molar-refractivity contribution is 7.86. The van der Waals surface area contributed by atoms with Gasteiger partial charge in [0.25, 0.3) is 10.2 Å². The minimum absolute atomic E-state index is 0.121. The number of piperidine rings is 2. The van der Waals surface area contributed by atoms with Crippen molar-refractivity contribution in [3.63, 3.8) is 0 Å². The molecular weight excluding hydrogens is 338 g/mol. The Kier molecular flexibility index (Phi) is 5.18. The predicted octanol–water partition coefficient (Wildman–Crippen LogP) is 1.70. The van der Waals surface area contributed by atoms with Gasteiger partial charge in [-0.1, -0.05) is 30.3 Å². The zero-order chi connectivity index (χ0) is 18.1. The molecule has 2 aliphatic rings. The lowest BCUT2D eigenvalue weighted by Crippen LogP contribution is -2.56. The number of nitrogens with zero attached hydrogens (tertiary/aromatic N) is 3. The summed E-state index contributed by atoms with van der Waals surface area (Å²) in [6, 6.07) is 9.97. The summed E-state index contributed by atoms with van der Waals surface area (Å²) in [5.74, 6) is 0.169. The van der Waals surface area contributed by atoms with Crippen LogP contribution in [0.15, 0.2) is 30.3 Å². The molecule has 6 nitrogen and oxygen atoms in total. The predicted molar refractivity (Wildman–Crippen MR) is 96.9 cm³/mol. The number of amides is 1. The number of hydrogen-bond acceptors (Lipinski definition) is 3. The van der Waals surface area contributed by atoms with E-state index in [1.807, 2.05) is 35.2 Å². The number of hydrogen-bond donors (Lipinski definition) is 0. The van der Waals surface area contributed by atoms with E-state index in [0.29, 0.717) is 32.6 Å². The average Bonchev–Trinajstić information content (AvgIpc) is 2.59. The quantitative estimate of drug-likeness (QED) is 0.816. The van der Waals surface area contributed by atoms with Gasteiger partial charge in [-0.25, -0.2) is 0 Å². The first-order chi connectivity index (χ1) is 11.8. The maximum Gasteiger partial charge on any atom is 0.281 e. The van der Waals surface area contributed by atoms with Crippen LogP contribution in [0.1, 0.15) is 31.2 Å². The Labute approximate surface area is 150 Å². The first-order valence-electron chi connectivity index (χ1n) is 8.82. The molecular formula is C18H27N3O3S. The van der Waals surface area contributed by atoms with Crippen molar-refractivity contribution in [1.29, 1.82) is 0 Å². The summed E-state index contributed by atoms with van der Waals surface area (Å²) in [5, 5.41) is 0. The maximum atomic E-state index is 12.5. The van der Waals surface area contributed by atoms with Crippen molar-refractivity contribution >= 4 is 16.1 Å². The molecule has 0 radical (unpaired) electrons. The second-order valence-electron chi connectivity index (χ2n) is 7.46. The molecule has 25 heavy (non-hydrogen) atoms. The van der Waals surface area contributed by atoms with Crippen molar-refractivity contribution in [2.45, 2.75) is 32.2 Å². The Morgan fingerprint density at radius 1 is 1.12 bits per heavy atom. The Bertz CT molecular complexity index is 720. The standard InChI is InChI=1S/C18H27N3O3S/c1-19(2)25(23,24)21-12-6-10-18(15-21)11-9-17(22)20(14-18)13-16-7-4-3-5-8-16/h3-5,7-8H,6,9-15H2,1-2H3. The molecule has 1 spiro atoms. The maximum absolute atomic E-state index is 12.5. The van der Waals surface area contributed by atoms with Crippen molar-refractivity contribution in [1.82, 2.24) is 13.5 Å². The van der Waals surface area contributed by atoms with Crippen molar-refractivity contribution in [2.24, 2.45) is 5.41 Å². The summed E-state index contributed by atoms with van der Waals surface area (Å²) in [6.07, 6.45) is 3.10. The van der Waals surface area contributed by atoms with Gasteiger partial charge in [0, 0.05) is 52.1 Å². The number of benzene rings is 1. The van der Waals surface area contributed by atoms with Crippen molar-refractivity contribution in [3.8, 4) is 0 Å². The molecule has 0 bridgehead atoms. The fourth-order valence-electron chi connectivity index (χ4n) is 3.97. The molecule has 0 N–H and O–H groups in total. The van der Waals surface area contributed by atoms with Crippen LogP contribution in [0, 0.1) is 5.41 Å². The molecule has 0 aliphatic carbocycles. The van der Waals surface area contributed by atoms with Crippen LogP contribution in [0.25, 0.3) is 0 Å². The van der Waals surface area contributed by atoms with Crippen molar-refractivity contribution < 1.29 is 13.2 Å². The highest BCUT2D eigenvalue weighted by atomic mass is 32.2. The van der Waals surface area contributed by atoms with Gasteiger partial charge in [-0.15, -0.1) is 0 Å². The van der Waals surface area contributed by atoms with Gasteiger partial charge in [0.15, 0.2) is 0 Å². The van der Waals surface area contributed by atoms with Crippen LogP contribution in [0.2, 0.25) is 0 Å². The normalized spacial score (nSPS) is 25.7. The van der Waals surface area contributed by atoms with Crippen molar-refractivity contribution in [3.05, 3.63) is 35.9 Å². The van der Waals surface area contributed by atoms with Crippen LogP contribution in [-0.2, 0) is 21.5 Å². The first kappa shape index (κ1) is 18.4. The molecule has 0 saturated carbocycles. The fraction of sp³-hybridized carbons (Fsp3) is 0.611. The van der Waals surface area contributed by atoms with Crippen LogP contribution in [-0.4, -0.2) is 61.6 Å². The van der Waals surface area contributed by atoms with Gasteiger partial charge in [-0.2, -0.15) is 17.0 Å². The second-order valence-corrected chi connectivity index (χ2v) is 9.61. The molecule has 1 aromatic rings. The average molecular weight is 365 g/mol. The van der Waals surface area contributed by atoms with Gasteiger partial charge < -0.3 is 4.90 Å². The van der Waals surface area contributed by atoms with E-state index in [2.05, 4.69) is 0 Å². The Morgan fingerprint density at radius 2 is 1.84 bits per heavy atom. The Balaban J connectivity index is 1.76. The molecule has 7 heteroatoms. The molecule has 138 valence electrons. The molecule has 2 saturated heterocycles. The minimum atomic E-state index is -3.40. The van der Waals surface area contributed by atoms with E-state index < -0.39 is 10.2 Å². The first-order valence-corrected chi connectivity index (χ1v) is 10.2. The molecule has 0 aromatic heterocycles. The van der Waals surface area contributed by atoms with E-state index in [4.69, 9.17) is 0 Å². The SMILES string of the molecule is CN(C)S(=O)(=O)N1CCCC2(CCC(=O)N(Cc3ccccc3)C2)C1. The van der Waals surface area contributed by atoms with Gasteiger partial charge in [0.05, 0.1) is 0 Å². The van der Waals surface area contributed by atoms with Crippen LogP contribution < -0.4 is 0 Å². The van der Waals surface area contributed by atoms with Crippen LogP contribution in [0.5, 0.6) is 0 Å². The summed E-state index contributed by atoms with van der Waals surface area (Å²) in [6.45, 7) is 2.31. The lowest BCUT2D eigenvalue weighted by Gasteiger charge is -2.48. The highest BCUT2D eigenvalue weighted by Gasteiger charge is 2.44. The lowest BCUT2D eigenvalue weighted by molar-refractivity contribution is -0.139. The van der Waals surface area contributed by atoms with E-state index in [9.17, 15) is 13.2 Å². The topological polar surface area (TPSA) is 60.9 Å². The summed E-state index contributed by atoms with van der Waals surface area (Å²) >= 11 is 0. The zero-order valence-electron chi connectivity index (χ0n) is 15.0. The van der Waals surface area contributed by atoms with Gasteiger partial charge >= 0.3 is 0 Å². The molecule has 1 amide bonds. The van der Waals surface area contributed by atoms with E-state index in [1.165, 1.54) is 4.31 Å². The Morgan fingerprint density at radius 3 is 2.52 bits per heavy atom. The van der Waals surface area contributed by atoms with Crippen LogP contribution in [0.4, 0.5) is 0 Å². The van der Waals surface area contributed by atoms with E-state index in [-0.39, 0.29) is 11.3 Å². The third-order valence-corrected chi connectivity index (χ3v) is 7.27. The Hall–Kier alpha value is -1.44. The van der Waals surface area contributed by atoms with E-state index in [0.717, 1.165) is 24.8 Å². The summed E-state index contributed by atoms with van der Waals surface area (Å²) in [7, 11) is -0.258. The third kappa shape index (κ3) is 3.88. The van der Waals surface area contributed by atoms with Crippen LogP contribution in [0.3, 0.4) is 0 Å². The van der Waals surface area contributed by atoms with Gasteiger partial charge in [-0.3, -0.25) is 4.79 Å². The van der Waals surface area contributed by atoms with Gasteiger partial charge in [0.2, 0.25) is 5.91 Å². The molecule has 2 aliphatic heterocycles. The van der Waals surface area contributed by atoms with Gasteiger partial charge in [-0.05, 0) is 24.8 Å². The molecule has 1 atom stereocenters. The van der Waals surface area contributed by atoms with Crippen molar-refractivity contribution in [2.75, 3.05) is 33.7 Å². The summed E-state index contributed by atoms with van der Waals surface area (Å²) in [4.78, 5) is 14.3. The molecule has 3 rings (SSSR count). The largest absolute Gasteiger partial charge is 0.338 e. The van der Waals surface area contributed by atoms with E-state index >= 15 is 0 Å². The summed E-state index contributed by atoms with van der Waals surface area (Å²) < 4.78 is 27.9. The zero-order valence-corrected chi connectivity index (χ0v) is 15.8. The number of rotatable bonds is 4. The monoisotopic (exact) mass is 365 g/mol. The number of carbonyl (C=O) groups excluding carboxylic acids is 1. The highest BCUT2D eigenvalue weighted by Crippen LogP contribution is 2.40. The van der Waals surface area contributed by atoms with E-state index in [1.54, 1.807) is 18.4 Å². The number of carbonyl (C=O) groups is 1. The third-order valence-electron chi connectivity index (χ3n) is 5.38. The lowest BCUT2D eigenvalue weighted by atomic mass is 9.74. The molecule has 2 fully saturated rings. The fourth-order valence-corrected chi connectivity index (χ4v) is 5.23. The summed E-state index contributed by atoms with van der Waals surface area (Å²) in [5.41, 5.74) is 0.991. The number of likely N-dealkylation sites (tertiary alicyclic amines) is 1. The second kappa shape index (κ2) is 7.05. The smallest absolute Gasteiger partial charge is 0.281 e. The molecule has 2 heterocycles. The molecule has 1 aromatic carbocycles.